The van der Waals surface area contributed by atoms with E-state index >= 15 is 0 Å². The van der Waals surface area contributed by atoms with Crippen LogP contribution in [0.25, 0.3) is 11.4 Å². The molecule has 0 radical (unpaired) electrons. The van der Waals surface area contributed by atoms with Crippen molar-refractivity contribution in [3.8, 4) is 11.4 Å². The van der Waals surface area contributed by atoms with Crippen LogP contribution in [0.15, 0.2) is 12.1 Å². The minimum atomic E-state index is -0.954. The van der Waals surface area contributed by atoms with Crippen LogP contribution < -0.4 is 0 Å². The second kappa shape index (κ2) is 5.94. The standard InChI is InChI=1S/C13H14F2N4O2/c1-7(5-10(20)21)6-19-13(16-17-18-19)11-9(14)4-3-8(2)12(11)15/h3-4,7H,5-6H2,1-2H3,(H,20,21). The summed E-state index contributed by atoms with van der Waals surface area (Å²) in [6.45, 7) is 3.36. The first-order valence-corrected chi connectivity index (χ1v) is 6.33. The summed E-state index contributed by atoms with van der Waals surface area (Å²) in [5.41, 5.74) is -0.0259. The van der Waals surface area contributed by atoms with E-state index in [9.17, 15) is 13.6 Å². The van der Waals surface area contributed by atoms with Gasteiger partial charge in [0, 0.05) is 13.0 Å². The van der Waals surface area contributed by atoms with E-state index in [4.69, 9.17) is 5.11 Å². The molecule has 0 spiro atoms. The number of aromatic nitrogens is 4. The molecule has 1 atom stereocenters. The second-order valence-electron chi connectivity index (χ2n) is 4.94. The molecule has 0 aliphatic carbocycles. The van der Waals surface area contributed by atoms with Gasteiger partial charge in [0.25, 0.3) is 0 Å². The fourth-order valence-corrected chi connectivity index (χ4v) is 2.03. The van der Waals surface area contributed by atoms with E-state index in [-0.39, 0.29) is 35.8 Å². The van der Waals surface area contributed by atoms with Gasteiger partial charge < -0.3 is 5.11 Å². The van der Waals surface area contributed by atoms with Gasteiger partial charge in [0.05, 0.1) is 5.56 Å². The van der Waals surface area contributed by atoms with E-state index in [1.165, 1.54) is 17.7 Å². The zero-order valence-electron chi connectivity index (χ0n) is 11.5. The van der Waals surface area contributed by atoms with Crippen LogP contribution in [0, 0.1) is 24.5 Å². The Balaban J connectivity index is 2.37. The predicted molar refractivity (Wildman–Crippen MR) is 69.3 cm³/mol. The highest BCUT2D eigenvalue weighted by Gasteiger charge is 2.21. The molecule has 1 heterocycles. The van der Waals surface area contributed by atoms with Gasteiger partial charge in [0.2, 0.25) is 0 Å². The Morgan fingerprint density at radius 2 is 2.14 bits per heavy atom. The summed E-state index contributed by atoms with van der Waals surface area (Å²) < 4.78 is 29.2. The first-order chi connectivity index (χ1) is 9.90. The number of hydrogen-bond acceptors (Lipinski definition) is 4. The van der Waals surface area contributed by atoms with Crippen molar-refractivity contribution in [1.29, 1.82) is 0 Å². The number of carboxylic acid groups (broad SMARTS) is 1. The summed E-state index contributed by atoms with van der Waals surface area (Å²) >= 11 is 0. The molecule has 0 saturated heterocycles. The lowest BCUT2D eigenvalue weighted by Gasteiger charge is -2.11. The maximum absolute atomic E-state index is 14.1. The van der Waals surface area contributed by atoms with E-state index in [1.54, 1.807) is 6.92 Å². The van der Waals surface area contributed by atoms with Crippen LogP contribution in [0.3, 0.4) is 0 Å². The lowest BCUT2D eigenvalue weighted by Crippen LogP contribution is -2.14. The summed E-state index contributed by atoms with van der Waals surface area (Å²) in [6, 6.07) is 2.48. The molecule has 1 N–H and O–H groups in total. The highest BCUT2D eigenvalue weighted by Crippen LogP contribution is 2.26. The Morgan fingerprint density at radius 1 is 1.43 bits per heavy atom. The summed E-state index contributed by atoms with van der Waals surface area (Å²) in [5, 5.41) is 19.5. The van der Waals surface area contributed by atoms with Gasteiger partial charge in [-0.2, -0.15) is 0 Å². The van der Waals surface area contributed by atoms with Crippen LogP contribution in [-0.2, 0) is 11.3 Å². The van der Waals surface area contributed by atoms with E-state index in [0.717, 1.165) is 6.07 Å². The first kappa shape index (κ1) is 15.0. The molecule has 0 saturated carbocycles. The van der Waals surface area contributed by atoms with Crippen LogP contribution in [0.4, 0.5) is 8.78 Å². The summed E-state index contributed by atoms with van der Waals surface area (Å²) in [4.78, 5) is 10.7. The third kappa shape index (κ3) is 3.21. The monoisotopic (exact) mass is 296 g/mol. The second-order valence-corrected chi connectivity index (χ2v) is 4.94. The third-order valence-corrected chi connectivity index (χ3v) is 3.05. The van der Waals surface area contributed by atoms with Crippen LogP contribution in [-0.4, -0.2) is 31.3 Å². The maximum Gasteiger partial charge on any atom is 0.303 e. The number of hydrogen-bond donors (Lipinski definition) is 1. The summed E-state index contributed by atoms with van der Waals surface area (Å²) in [6.07, 6.45) is -0.0852. The van der Waals surface area contributed by atoms with Crippen LogP contribution >= 0.6 is 0 Å². The first-order valence-electron chi connectivity index (χ1n) is 6.33. The fourth-order valence-electron chi connectivity index (χ4n) is 2.03. The summed E-state index contributed by atoms with van der Waals surface area (Å²) in [7, 11) is 0. The molecule has 2 rings (SSSR count). The van der Waals surface area contributed by atoms with Gasteiger partial charge in [0.1, 0.15) is 11.6 Å². The van der Waals surface area contributed by atoms with Crippen molar-refractivity contribution in [1.82, 2.24) is 20.2 Å². The number of aryl methyl sites for hydroxylation is 1. The average Bonchev–Trinajstić information content (AvgIpc) is 2.81. The molecule has 6 nitrogen and oxygen atoms in total. The Labute approximate surface area is 119 Å². The normalized spacial score (nSPS) is 12.4. The molecule has 0 fully saturated rings. The lowest BCUT2D eigenvalue weighted by atomic mass is 10.1. The Bertz CT molecular complexity index is 672. The number of halogens is 2. The van der Waals surface area contributed by atoms with Gasteiger partial charge in [0.15, 0.2) is 5.82 Å². The molecule has 0 aliphatic heterocycles. The Hall–Kier alpha value is -2.38. The predicted octanol–water partition coefficient (Wildman–Crippen LogP) is 2.04. The largest absolute Gasteiger partial charge is 0.481 e. The van der Waals surface area contributed by atoms with E-state index < -0.39 is 17.6 Å². The third-order valence-electron chi connectivity index (χ3n) is 3.05. The molecular formula is C13H14F2N4O2. The number of benzene rings is 1. The van der Waals surface area contributed by atoms with Crippen molar-refractivity contribution in [2.45, 2.75) is 26.8 Å². The number of rotatable bonds is 5. The molecule has 8 heteroatoms. The molecule has 0 bridgehead atoms. The van der Waals surface area contributed by atoms with E-state index in [2.05, 4.69) is 15.5 Å². The number of aliphatic carboxylic acids is 1. The molecule has 0 amide bonds. The average molecular weight is 296 g/mol. The molecule has 2 aromatic rings. The zero-order valence-corrected chi connectivity index (χ0v) is 11.5. The zero-order chi connectivity index (χ0) is 15.6. The van der Waals surface area contributed by atoms with Crippen molar-refractivity contribution < 1.29 is 18.7 Å². The molecule has 1 aromatic heterocycles. The SMILES string of the molecule is Cc1ccc(F)c(-c2nnnn2CC(C)CC(=O)O)c1F. The van der Waals surface area contributed by atoms with Gasteiger partial charge in [-0.05, 0) is 34.9 Å². The highest BCUT2D eigenvalue weighted by atomic mass is 19.1. The van der Waals surface area contributed by atoms with Crippen molar-refractivity contribution in [2.75, 3.05) is 0 Å². The highest BCUT2D eigenvalue weighted by molar-refractivity contribution is 5.67. The van der Waals surface area contributed by atoms with Gasteiger partial charge in [-0.25, -0.2) is 13.5 Å². The smallest absolute Gasteiger partial charge is 0.303 e. The fraction of sp³-hybridized carbons (Fsp3) is 0.385. The van der Waals surface area contributed by atoms with Crippen molar-refractivity contribution in [3.63, 3.8) is 0 Å². The van der Waals surface area contributed by atoms with Crippen LogP contribution in [0.2, 0.25) is 0 Å². The number of carboxylic acids is 1. The van der Waals surface area contributed by atoms with Crippen molar-refractivity contribution >= 4 is 5.97 Å². The van der Waals surface area contributed by atoms with Gasteiger partial charge >= 0.3 is 5.97 Å². The minimum absolute atomic E-state index is 0.0501. The van der Waals surface area contributed by atoms with Crippen molar-refractivity contribution in [2.24, 2.45) is 5.92 Å². The van der Waals surface area contributed by atoms with Gasteiger partial charge in [-0.3, -0.25) is 4.79 Å². The topological polar surface area (TPSA) is 80.9 Å². The molecule has 21 heavy (non-hydrogen) atoms. The Morgan fingerprint density at radius 3 is 2.81 bits per heavy atom. The summed E-state index contributed by atoms with van der Waals surface area (Å²) in [5.74, 6) is -2.77. The lowest BCUT2D eigenvalue weighted by molar-refractivity contribution is -0.138. The molecule has 112 valence electrons. The van der Waals surface area contributed by atoms with Crippen LogP contribution in [0.1, 0.15) is 18.9 Å². The quantitative estimate of drug-likeness (QED) is 0.913. The minimum Gasteiger partial charge on any atom is -0.481 e. The maximum atomic E-state index is 14.1. The molecular weight excluding hydrogens is 282 g/mol. The number of tetrazole rings is 1. The molecule has 1 aromatic carbocycles. The van der Waals surface area contributed by atoms with Crippen molar-refractivity contribution in [3.05, 3.63) is 29.3 Å². The number of nitrogens with zero attached hydrogens (tertiary/aromatic N) is 4. The van der Waals surface area contributed by atoms with Gasteiger partial charge in [-0.15, -0.1) is 5.10 Å². The number of carbonyl (C=O) groups is 1. The van der Waals surface area contributed by atoms with Crippen LogP contribution in [0.5, 0.6) is 0 Å². The molecule has 1 unspecified atom stereocenters. The van der Waals surface area contributed by atoms with E-state index in [1.807, 2.05) is 0 Å². The Kier molecular flexibility index (Phi) is 4.25. The molecule has 0 aliphatic rings. The van der Waals surface area contributed by atoms with E-state index in [0.29, 0.717) is 0 Å². The van der Waals surface area contributed by atoms with Gasteiger partial charge in [-0.1, -0.05) is 13.0 Å².